The third-order valence-electron chi connectivity index (χ3n) is 4.04. The lowest BCUT2D eigenvalue weighted by atomic mass is 9.94. The number of hydrogen-bond acceptors (Lipinski definition) is 5. The van der Waals surface area contributed by atoms with Crippen molar-refractivity contribution < 1.29 is 13.2 Å². The monoisotopic (exact) mass is 315 g/mol. The number of thiazole rings is 1. The van der Waals surface area contributed by atoms with E-state index in [2.05, 4.69) is 4.98 Å². The molecule has 3 aliphatic rings. The second-order valence-electron chi connectivity index (χ2n) is 5.45. The first-order chi connectivity index (χ1) is 9.45. The van der Waals surface area contributed by atoms with E-state index in [0.29, 0.717) is 19.6 Å². The molecule has 4 rings (SSSR count). The van der Waals surface area contributed by atoms with Crippen LogP contribution in [0.3, 0.4) is 0 Å². The Bertz CT molecular complexity index is 599. The summed E-state index contributed by atoms with van der Waals surface area (Å²) in [5.74, 6) is -0.137. The average Bonchev–Trinajstić information content (AvgIpc) is 2.72. The molecule has 0 saturated carbocycles. The molecule has 4 heterocycles. The maximum Gasteiger partial charge on any atom is 0.227 e. The quantitative estimate of drug-likeness (QED) is 0.815. The van der Waals surface area contributed by atoms with Gasteiger partial charge in [0.1, 0.15) is 0 Å². The van der Waals surface area contributed by atoms with Crippen LogP contribution in [0, 0.1) is 5.92 Å². The van der Waals surface area contributed by atoms with Crippen LogP contribution in [-0.4, -0.2) is 53.9 Å². The van der Waals surface area contributed by atoms with Gasteiger partial charge in [-0.3, -0.25) is 4.79 Å². The molecule has 3 aliphatic heterocycles. The molecule has 1 aromatic rings. The summed E-state index contributed by atoms with van der Waals surface area (Å²) in [5.41, 5.74) is 2.63. The highest BCUT2D eigenvalue weighted by atomic mass is 32.2. The van der Waals surface area contributed by atoms with Crippen LogP contribution in [0.1, 0.15) is 18.5 Å². The molecule has 20 heavy (non-hydrogen) atoms. The van der Waals surface area contributed by atoms with E-state index in [0.717, 1.165) is 18.5 Å². The largest absolute Gasteiger partial charge is 0.332 e. The van der Waals surface area contributed by atoms with Crippen molar-refractivity contribution in [3.63, 3.8) is 0 Å². The Morgan fingerprint density at radius 1 is 1.40 bits per heavy atom. The van der Waals surface area contributed by atoms with Gasteiger partial charge in [0.05, 0.1) is 29.9 Å². The molecule has 0 spiro atoms. The number of sulfonamides is 1. The zero-order valence-electron chi connectivity index (χ0n) is 11.2. The molecule has 0 aliphatic carbocycles. The van der Waals surface area contributed by atoms with Gasteiger partial charge in [-0.2, -0.15) is 4.31 Å². The van der Waals surface area contributed by atoms with Gasteiger partial charge in [-0.15, -0.1) is 11.3 Å². The lowest BCUT2D eigenvalue weighted by molar-refractivity contribution is -0.140. The number of amides is 1. The number of carbonyl (C=O) groups is 1. The SMILES string of the molecule is CS(=O)(=O)N1CC2CCC(C1)N(Cc1cscn1)C2=O. The van der Waals surface area contributed by atoms with Gasteiger partial charge in [-0.1, -0.05) is 0 Å². The number of piperidine rings is 1. The second-order valence-corrected chi connectivity index (χ2v) is 8.16. The second kappa shape index (κ2) is 5.09. The first kappa shape index (κ1) is 14.0. The van der Waals surface area contributed by atoms with E-state index in [-0.39, 0.29) is 17.9 Å². The van der Waals surface area contributed by atoms with Crippen LogP contribution in [0.5, 0.6) is 0 Å². The van der Waals surface area contributed by atoms with Crippen molar-refractivity contribution in [3.05, 3.63) is 16.6 Å². The van der Waals surface area contributed by atoms with Crippen molar-refractivity contribution in [1.29, 1.82) is 0 Å². The van der Waals surface area contributed by atoms with Crippen molar-refractivity contribution in [3.8, 4) is 0 Å². The van der Waals surface area contributed by atoms with Crippen LogP contribution in [-0.2, 0) is 21.4 Å². The molecular formula is C12H17N3O3S2. The molecule has 0 N–H and O–H groups in total. The van der Waals surface area contributed by atoms with Gasteiger partial charge in [-0.05, 0) is 12.8 Å². The molecule has 110 valence electrons. The number of nitrogens with zero attached hydrogens (tertiary/aromatic N) is 3. The third-order valence-corrected chi connectivity index (χ3v) is 5.92. The Morgan fingerprint density at radius 3 is 2.85 bits per heavy atom. The molecule has 2 atom stereocenters. The lowest BCUT2D eigenvalue weighted by Crippen LogP contribution is -2.47. The number of carbonyl (C=O) groups excluding carboxylic acids is 1. The van der Waals surface area contributed by atoms with E-state index in [9.17, 15) is 13.2 Å². The van der Waals surface area contributed by atoms with Crippen molar-refractivity contribution in [2.75, 3.05) is 19.3 Å². The summed E-state index contributed by atoms with van der Waals surface area (Å²) in [7, 11) is -3.24. The molecule has 0 aromatic carbocycles. The Labute approximate surface area is 122 Å². The van der Waals surface area contributed by atoms with Gasteiger partial charge in [0.25, 0.3) is 0 Å². The molecule has 1 amide bonds. The fourth-order valence-electron chi connectivity index (χ4n) is 2.97. The summed E-state index contributed by atoms with van der Waals surface area (Å²) in [6.45, 7) is 1.22. The number of fused-ring (bicyclic) bond motifs is 4. The average molecular weight is 315 g/mol. The predicted molar refractivity (Wildman–Crippen MR) is 75.6 cm³/mol. The van der Waals surface area contributed by atoms with Crippen molar-refractivity contribution in [1.82, 2.24) is 14.2 Å². The van der Waals surface area contributed by atoms with E-state index < -0.39 is 10.0 Å². The Morgan fingerprint density at radius 2 is 2.20 bits per heavy atom. The molecule has 3 saturated heterocycles. The molecule has 8 heteroatoms. The molecule has 6 nitrogen and oxygen atoms in total. The van der Waals surface area contributed by atoms with Crippen LogP contribution in [0.15, 0.2) is 10.9 Å². The van der Waals surface area contributed by atoms with Crippen molar-refractivity contribution in [2.45, 2.75) is 25.4 Å². The highest BCUT2D eigenvalue weighted by Crippen LogP contribution is 2.31. The van der Waals surface area contributed by atoms with E-state index >= 15 is 0 Å². The van der Waals surface area contributed by atoms with Gasteiger partial charge in [0.2, 0.25) is 15.9 Å². The maximum absolute atomic E-state index is 12.5. The minimum absolute atomic E-state index is 0.0299. The summed E-state index contributed by atoms with van der Waals surface area (Å²) in [6, 6.07) is -0.0299. The zero-order valence-corrected chi connectivity index (χ0v) is 12.9. The van der Waals surface area contributed by atoms with Gasteiger partial charge < -0.3 is 4.90 Å². The van der Waals surface area contributed by atoms with Crippen LogP contribution >= 0.6 is 11.3 Å². The number of aromatic nitrogens is 1. The highest BCUT2D eigenvalue weighted by Gasteiger charge is 2.42. The Hall–Kier alpha value is -0.990. The predicted octanol–water partition coefficient (Wildman–Crippen LogP) is 0.525. The first-order valence-electron chi connectivity index (χ1n) is 6.58. The minimum atomic E-state index is -3.24. The van der Waals surface area contributed by atoms with E-state index in [1.54, 1.807) is 5.51 Å². The van der Waals surface area contributed by atoms with Gasteiger partial charge in [0.15, 0.2) is 0 Å². The van der Waals surface area contributed by atoms with Crippen LogP contribution in [0.2, 0.25) is 0 Å². The van der Waals surface area contributed by atoms with Gasteiger partial charge in [0, 0.05) is 24.5 Å². The van der Waals surface area contributed by atoms with Gasteiger partial charge in [-0.25, -0.2) is 13.4 Å². The smallest absolute Gasteiger partial charge is 0.227 e. The molecule has 2 bridgehead atoms. The first-order valence-corrected chi connectivity index (χ1v) is 9.37. The van der Waals surface area contributed by atoms with E-state index in [1.165, 1.54) is 21.9 Å². The van der Waals surface area contributed by atoms with E-state index in [1.807, 2.05) is 10.3 Å². The molecule has 3 fully saturated rings. The number of rotatable bonds is 3. The summed E-state index contributed by atoms with van der Waals surface area (Å²) in [4.78, 5) is 18.5. The van der Waals surface area contributed by atoms with Crippen LogP contribution in [0.4, 0.5) is 0 Å². The molecule has 0 radical (unpaired) electrons. The molecular weight excluding hydrogens is 298 g/mol. The molecule has 1 aromatic heterocycles. The zero-order chi connectivity index (χ0) is 14.3. The summed E-state index contributed by atoms with van der Waals surface area (Å²) >= 11 is 1.50. The van der Waals surface area contributed by atoms with Gasteiger partial charge >= 0.3 is 0 Å². The highest BCUT2D eigenvalue weighted by molar-refractivity contribution is 7.88. The fourth-order valence-corrected chi connectivity index (χ4v) is 4.41. The van der Waals surface area contributed by atoms with Crippen LogP contribution in [0.25, 0.3) is 0 Å². The van der Waals surface area contributed by atoms with Crippen molar-refractivity contribution in [2.24, 2.45) is 5.92 Å². The Kier molecular flexibility index (Phi) is 3.55. The van der Waals surface area contributed by atoms with E-state index in [4.69, 9.17) is 0 Å². The Balaban J connectivity index is 1.85. The summed E-state index contributed by atoms with van der Waals surface area (Å²) in [6.07, 6.45) is 2.86. The van der Waals surface area contributed by atoms with Crippen molar-refractivity contribution >= 4 is 27.3 Å². The molecule has 2 unspecified atom stereocenters. The standard InChI is InChI=1S/C12H17N3O3S2/c1-20(17,18)14-4-9-2-3-11(6-14)15(12(9)16)5-10-7-19-8-13-10/h7-9,11H,2-6H2,1H3. The summed E-state index contributed by atoms with van der Waals surface area (Å²) in [5, 5.41) is 1.93. The topological polar surface area (TPSA) is 70.6 Å². The number of hydrogen-bond donors (Lipinski definition) is 0. The third kappa shape index (κ3) is 2.59. The lowest BCUT2D eigenvalue weighted by Gasteiger charge is -2.35. The van der Waals surface area contributed by atoms with Crippen LogP contribution < -0.4 is 0 Å². The normalized spacial score (nSPS) is 27.9. The summed E-state index contributed by atoms with van der Waals surface area (Å²) < 4.78 is 25.0. The maximum atomic E-state index is 12.5. The minimum Gasteiger partial charge on any atom is -0.332 e. The fraction of sp³-hybridized carbons (Fsp3) is 0.667.